The fourth-order valence-corrected chi connectivity index (χ4v) is 2.71. The molecule has 1 heterocycles. The van der Waals surface area contributed by atoms with Gasteiger partial charge < -0.3 is 10.1 Å². The zero-order valence-electron chi connectivity index (χ0n) is 10.1. The Morgan fingerprint density at radius 1 is 1.37 bits per heavy atom. The average molecular weight is 302 g/mol. The minimum Gasteiger partial charge on any atom is -0.378 e. The van der Waals surface area contributed by atoms with Gasteiger partial charge in [0.05, 0.1) is 18.1 Å². The molecule has 1 amide bonds. The first-order valence-corrected chi connectivity index (χ1v) is 7.17. The maximum atomic E-state index is 13.0. The van der Waals surface area contributed by atoms with Crippen LogP contribution in [0.15, 0.2) is 24.3 Å². The molecule has 6 heteroatoms. The SMILES string of the molecule is O=C(NCCOCCCl)c1cc2ccc(F)cc2s1. The van der Waals surface area contributed by atoms with Crippen LogP contribution in [0.4, 0.5) is 4.39 Å². The topological polar surface area (TPSA) is 38.3 Å². The van der Waals surface area contributed by atoms with Gasteiger partial charge in [-0.05, 0) is 23.6 Å². The number of rotatable bonds is 6. The van der Waals surface area contributed by atoms with Crippen LogP contribution >= 0.6 is 22.9 Å². The summed E-state index contributed by atoms with van der Waals surface area (Å²) in [5, 5.41) is 3.61. The number of carbonyl (C=O) groups is 1. The predicted octanol–water partition coefficient (Wildman–Crippen LogP) is 3.03. The second kappa shape index (κ2) is 6.84. The van der Waals surface area contributed by atoms with E-state index in [1.807, 2.05) is 0 Å². The van der Waals surface area contributed by atoms with Crippen LogP contribution in [0.2, 0.25) is 0 Å². The number of fused-ring (bicyclic) bond motifs is 1. The Morgan fingerprint density at radius 2 is 2.21 bits per heavy atom. The number of hydrogen-bond acceptors (Lipinski definition) is 3. The predicted molar refractivity (Wildman–Crippen MR) is 75.7 cm³/mol. The molecule has 0 spiro atoms. The number of alkyl halides is 1. The van der Waals surface area contributed by atoms with E-state index in [2.05, 4.69) is 5.32 Å². The Balaban J connectivity index is 1.94. The molecule has 1 aromatic carbocycles. The van der Waals surface area contributed by atoms with Crippen molar-refractivity contribution in [3.05, 3.63) is 35.0 Å². The summed E-state index contributed by atoms with van der Waals surface area (Å²) in [6, 6.07) is 6.24. The molecule has 0 radical (unpaired) electrons. The smallest absolute Gasteiger partial charge is 0.261 e. The van der Waals surface area contributed by atoms with Crippen molar-refractivity contribution in [2.24, 2.45) is 0 Å². The summed E-state index contributed by atoms with van der Waals surface area (Å²) in [7, 11) is 0. The minimum atomic E-state index is -0.296. The third-order valence-corrected chi connectivity index (χ3v) is 3.71. The van der Waals surface area contributed by atoms with Crippen molar-refractivity contribution < 1.29 is 13.9 Å². The van der Waals surface area contributed by atoms with E-state index in [0.717, 1.165) is 10.1 Å². The van der Waals surface area contributed by atoms with Crippen LogP contribution < -0.4 is 5.32 Å². The Bertz CT molecular complexity index is 573. The van der Waals surface area contributed by atoms with E-state index in [-0.39, 0.29) is 11.7 Å². The van der Waals surface area contributed by atoms with E-state index in [9.17, 15) is 9.18 Å². The van der Waals surface area contributed by atoms with E-state index in [4.69, 9.17) is 16.3 Å². The van der Waals surface area contributed by atoms with Crippen LogP contribution in [0.3, 0.4) is 0 Å². The standard InChI is InChI=1S/C13H13ClFNO2S/c14-3-5-18-6-4-16-13(17)12-7-9-1-2-10(15)8-11(9)19-12/h1-2,7-8H,3-6H2,(H,16,17). The number of carbonyl (C=O) groups excluding carboxylic acids is 1. The van der Waals surface area contributed by atoms with E-state index < -0.39 is 0 Å². The van der Waals surface area contributed by atoms with Crippen LogP contribution in [0, 0.1) is 5.82 Å². The van der Waals surface area contributed by atoms with Gasteiger partial charge in [0.2, 0.25) is 0 Å². The molecule has 0 saturated heterocycles. The quantitative estimate of drug-likeness (QED) is 0.658. The molecule has 0 bridgehead atoms. The Hall–Kier alpha value is -1.17. The molecule has 0 aliphatic rings. The van der Waals surface area contributed by atoms with Crippen molar-refractivity contribution in [1.82, 2.24) is 5.32 Å². The third kappa shape index (κ3) is 3.89. The highest BCUT2D eigenvalue weighted by molar-refractivity contribution is 7.20. The molecule has 0 aliphatic heterocycles. The van der Waals surface area contributed by atoms with Gasteiger partial charge in [0.1, 0.15) is 5.82 Å². The first-order chi connectivity index (χ1) is 9.20. The number of thiophene rings is 1. The highest BCUT2D eigenvalue weighted by Gasteiger charge is 2.10. The number of hydrogen-bond donors (Lipinski definition) is 1. The lowest BCUT2D eigenvalue weighted by Crippen LogP contribution is -2.26. The van der Waals surface area contributed by atoms with Gasteiger partial charge in [-0.1, -0.05) is 6.07 Å². The van der Waals surface area contributed by atoms with Crippen molar-refractivity contribution in [3.8, 4) is 0 Å². The fourth-order valence-electron chi connectivity index (χ4n) is 1.60. The van der Waals surface area contributed by atoms with Crippen molar-refractivity contribution in [3.63, 3.8) is 0 Å². The molecule has 102 valence electrons. The molecule has 3 nitrogen and oxygen atoms in total. The number of nitrogens with one attached hydrogen (secondary N) is 1. The summed E-state index contributed by atoms with van der Waals surface area (Å²) in [5.41, 5.74) is 0. The van der Waals surface area contributed by atoms with E-state index in [1.54, 1.807) is 12.1 Å². The molecule has 2 rings (SSSR count). The lowest BCUT2D eigenvalue weighted by molar-refractivity contribution is 0.0927. The number of halogens is 2. The van der Waals surface area contributed by atoms with E-state index in [1.165, 1.54) is 23.5 Å². The van der Waals surface area contributed by atoms with Gasteiger partial charge in [-0.15, -0.1) is 22.9 Å². The summed E-state index contributed by atoms with van der Waals surface area (Å²) < 4.78 is 19.0. The molecule has 0 saturated carbocycles. The van der Waals surface area contributed by atoms with Gasteiger partial charge >= 0.3 is 0 Å². The van der Waals surface area contributed by atoms with Gasteiger partial charge in [0, 0.05) is 17.1 Å². The highest BCUT2D eigenvalue weighted by Crippen LogP contribution is 2.26. The largest absolute Gasteiger partial charge is 0.378 e. The zero-order chi connectivity index (χ0) is 13.7. The second-order valence-electron chi connectivity index (χ2n) is 3.85. The van der Waals surface area contributed by atoms with Gasteiger partial charge in [-0.2, -0.15) is 0 Å². The fraction of sp³-hybridized carbons (Fsp3) is 0.308. The van der Waals surface area contributed by atoms with Crippen LogP contribution in [0.5, 0.6) is 0 Å². The second-order valence-corrected chi connectivity index (χ2v) is 5.31. The molecule has 19 heavy (non-hydrogen) atoms. The first kappa shape index (κ1) is 14.2. The molecular formula is C13H13ClFNO2S. The summed E-state index contributed by atoms with van der Waals surface area (Å²) in [5.74, 6) is -0.0256. The Morgan fingerprint density at radius 3 is 3.00 bits per heavy atom. The van der Waals surface area contributed by atoms with Gasteiger partial charge in [0.25, 0.3) is 5.91 Å². The van der Waals surface area contributed by atoms with Crippen molar-refractivity contribution in [2.45, 2.75) is 0 Å². The number of ether oxygens (including phenoxy) is 1. The average Bonchev–Trinajstić information content (AvgIpc) is 2.81. The molecule has 0 fully saturated rings. The molecule has 1 N–H and O–H groups in total. The summed E-state index contributed by atoms with van der Waals surface area (Å²) in [6.45, 7) is 1.33. The molecule has 2 aromatic rings. The Labute approximate surface area is 119 Å². The van der Waals surface area contributed by atoms with E-state index in [0.29, 0.717) is 30.5 Å². The van der Waals surface area contributed by atoms with Crippen LogP contribution in [-0.2, 0) is 4.74 Å². The maximum Gasteiger partial charge on any atom is 0.261 e. The normalized spacial score (nSPS) is 10.8. The molecule has 0 aliphatic carbocycles. The lowest BCUT2D eigenvalue weighted by atomic mass is 10.2. The number of amides is 1. The molecule has 1 aromatic heterocycles. The number of benzene rings is 1. The van der Waals surface area contributed by atoms with Crippen LogP contribution in [0.1, 0.15) is 9.67 Å². The van der Waals surface area contributed by atoms with Crippen molar-refractivity contribution in [2.75, 3.05) is 25.6 Å². The minimum absolute atomic E-state index is 0.170. The molecule has 0 unspecified atom stereocenters. The van der Waals surface area contributed by atoms with Crippen LogP contribution in [-0.4, -0.2) is 31.5 Å². The van der Waals surface area contributed by atoms with Gasteiger partial charge in [-0.3, -0.25) is 4.79 Å². The van der Waals surface area contributed by atoms with Crippen molar-refractivity contribution >= 4 is 38.9 Å². The molecule has 0 atom stereocenters. The lowest BCUT2D eigenvalue weighted by Gasteiger charge is -2.03. The maximum absolute atomic E-state index is 13.0. The summed E-state index contributed by atoms with van der Waals surface area (Å²) >= 11 is 6.73. The Kier molecular flexibility index (Phi) is 5.13. The summed E-state index contributed by atoms with van der Waals surface area (Å²) in [4.78, 5) is 12.4. The summed E-state index contributed by atoms with van der Waals surface area (Å²) in [6.07, 6.45) is 0. The zero-order valence-corrected chi connectivity index (χ0v) is 11.7. The van der Waals surface area contributed by atoms with Crippen LogP contribution in [0.25, 0.3) is 10.1 Å². The van der Waals surface area contributed by atoms with Gasteiger partial charge in [0.15, 0.2) is 0 Å². The van der Waals surface area contributed by atoms with E-state index >= 15 is 0 Å². The highest BCUT2D eigenvalue weighted by atomic mass is 35.5. The van der Waals surface area contributed by atoms with Crippen molar-refractivity contribution in [1.29, 1.82) is 0 Å². The van der Waals surface area contributed by atoms with Gasteiger partial charge in [-0.25, -0.2) is 4.39 Å². The first-order valence-electron chi connectivity index (χ1n) is 5.81. The monoisotopic (exact) mass is 301 g/mol. The molecular weight excluding hydrogens is 289 g/mol. The third-order valence-electron chi connectivity index (χ3n) is 2.46.